The maximum Gasteiger partial charge on any atom is -0.0266 e. The van der Waals surface area contributed by atoms with Gasteiger partial charge in [-0.05, 0) is 85.9 Å². The van der Waals surface area contributed by atoms with E-state index < -0.39 is 0 Å². The Morgan fingerprint density at radius 3 is 2.35 bits per heavy atom. The van der Waals surface area contributed by atoms with Gasteiger partial charge in [0.2, 0.25) is 0 Å². The van der Waals surface area contributed by atoms with E-state index in [0.29, 0.717) is 0 Å². The second-order valence-electron chi connectivity index (χ2n) is 9.34. The summed E-state index contributed by atoms with van der Waals surface area (Å²) in [6.45, 7) is 5.36. The fourth-order valence-electron chi connectivity index (χ4n) is 7.46. The van der Waals surface area contributed by atoms with Crippen molar-refractivity contribution in [1.82, 2.24) is 0 Å². The molecule has 0 spiro atoms. The van der Waals surface area contributed by atoms with Gasteiger partial charge in [0.05, 0.1) is 0 Å². The molecule has 4 rings (SSSR count). The summed E-state index contributed by atoms with van der Waals surface area (Å²) in [5.41, 5.74) is 1.47. The summed E-state index contributed by atoms with van der Waals surface area (Å²) in [7, 11) is 0. The van der Waals surface area contributed by atoms with Gasteiger partial charge in [-0.1, -0.05) is 39.5 Å². The van der Waals surface area contributed by atoms with Crippen LogP contribution in [0.1, 0.15) is 90.9 Å². The maximum atomic E-state index is 2.71. The lowest BCUT2D eigenvalue weighted by Gasteiger charge is -2.62. The molecule has 0 amide bonds. The molecule has 0 N–H and O–H groups in total. The highest BCUT2D eigenvalue weighted by atomic mass is 14.6. The molecule has 0 saturated heterocycles. The average molecular weight is 274 g/mol. The molecule has 0 aliphatic heterocycles. The minimum absolute atomic E-state index is 0.733. The molecule has 0 aromatic carbocycles. The molecule has 0 bridgehead atoms. The van der Waals surface area contributed by atoms with Crippen LogP contribution in [-0.2, 0) is 0 Å². The van der Waals surface area contributed by atoms with E-state index in [2.05, 4.69) is 13.8 Å². The van der Waals surface area contributed by atoms with E-state index in [9.17, 15) is 0 Å². The molecule has 0 heterocycles. The van der Waals surface area contributed by atoms with Crippen LogP contribution in [0.3, 0.4) is 0 Å². The first-order chi connectivity index (χ1) is 9.63. The molecule has 0 aromatic rings. The number of fused-ring (bicyclic) bond motifs is 5. The van der Waals surface area contributed by atoms with Crippen molar-refractivity contribution in [1.29, 1.82) is 0 Å². The molecule has 4 fully saturated rings. The van der Waals surface area contributed by atoms with Crippen molar-refractivity contribution >= 4 is 0 Å². The van der Waals surface area contributed by atoms with E-state index >= 15 is 0 Å². The molecular formula is C20H34. The maximum absolute atomic E-state index is 2.71. The Morgan fingerprint density at radius 1 is 0.650 bits per heavy atom. The van der Waals surface area contributed by atoms with Gasteiger partial charge in [-0.3, -0.25) is 0 Å². The van der Waals surface area contributed by atoms with E-state index in [-0.39, 0.29) is 0 Å². The lowest BCUT2D eigenvalue weighted by Crippen LogP contribution is -2.53. The van der Waals surface area contributed by atoms with Crippen molar-refractivity contribution in [3.8, 4) is 0 Å². The van der Waals surface area contributed by atoms with Gasteiger partial charge in [0.1, 0.15) is 0 Å². The van der Waals surface area contributed by atoms with Crippen molar-refractivity contribution in [2.24, 2.45) is 34.5 Å². The monoisotopic (exact) mass is 274 g/mol. The Hall–Kier alpha value is 0. The molecule has 20 heavy (non-hydrogen) atoms. The molecule has 6 atom stereocenters. The molecule has 0 nitrogen and oxygen atoms in total. The molecule has 114 valence electrons. The van der Waals surface area contributed by atoms with Crippen LogP contribution in [0.5, 0.6) is 0 Å². The van der Waals surface area contributed by atoms with E-state index in [1.165, 1.54) is 25.7 Å². The van der Waals surface area contributed by atoms with Gasteiger partial charge < -0.3 is 0 Å². The predicted octanol–water partition coefficient (Wildman–Crippen LogP) is 6.20. The Morgan fingerprint density at radius 2 is 1.45 bits per heavy atom. The van der Waals surface area contributed by atoms with Crippen LogP contribution >= 0.6 is 0 Å². The molecule has 4 aliphatic carbocycles. The van der Waals surface area contributed by atoms with Gasteiger partial charge in [-0.2, -0.15) is 0 Å². The summed E-state index contributed by atoms with van der Waals surface area (Å²) in [5.74, 6) is 4.38. The van der Waals surface area contributed by atoms with Crippen molar-refractivity contribution in [3.05, 3.63) is 0 Å². The van der Waals surface area contributed by atoms with Gasteiger partial charge in [0, 0.05) is 0 Å². The van der Waals surface area contributed by atoms with Gasteiger partial charge in [0.15, 0.2) is 0 Å². The SMILES string of the molecule is C[C@]12CCCC[C@H]1[C@@H]1CC[C@H]3CCCC[C@]3(C)[C@H]1CC2. The Kier molecular flexibility index (Phi) is 3.24. The number of hydrogen-bond donors (Lipinski definition) is 0. The van der Waals surface area contributed by atoms with Crippen LogP contribution in [0.25, 0.3) is 0 Å². The van der Waals surface area contributed by atoms with Crippen LogP contribution in [-0.4, -0.2) is 0 Å². The van der Waals surface area contributed by atoms with Crippen LogP contribution in [0.15, 0.2) is 0 Å². The van der Waals surface area contributed by atoms with Crippen molar-refractivity contribution in [3.63, 3.8) is 0 Å². The Bertz CT molecular complexity index is 372. The zero-order valence-electron chi connectivity index (χ0n) is 13.8. The number of rotatable bonds is 0. The Balaban J connectivity index is 1.63. The highest BCUT2D eigenvalue weighted by molar-refractivity contribution is 5.05. The molecule has 4 aliphatic rings. The standard InChI is InChI=1S/C20H34/c1-19-12-5-4-8-17(19)16-10-9-15-7-3-6-13-20(15,2)18(16)11-14-19/h15-18H,3-14H2,1-2H3/t15-,16+,17+,18+,19-,20+/m1/s1. The minimum atomic E-state index is 0.733. The highest BCUT2D eigenvalue weighted by Gasteiger charge is 2.56. The van der Waals surface area contributed by atoms with E-state index in [1.807, 2.05) is 0 Å². The highest BCUT2D eigenvalue weighted by Crippen LogP contribution is 2.65. The Labute approximate surface area is 126 Å². The van der Waals surface area contributed by atoms with E-state index in [4.69, 9.17) is 0 Å². The first-order valence-electron chi connectivity index (χ1n) is 9.63. The second-order valence-corrected chi connectivity index (χ2v) is 9.34. The van der Waals surface area contributed by atoms with Crippen molar-refractivity contribution < 1.29 is 0 Å². The summed E-state index contributed by atoms with van der Waals surface area (Å²) in [5, 5.41) is 0. The molecule has 0 aromatic heterocycles. The zero-order valence-corrected chi connectivity index (χ0v) is 13.8. The summed E-state index contributed by atoms with van der Waals surface area (Å²) in [6.07, 6.45) is 18.6. The normalized spacial score (nSPS) is 55.5. The largest absolute Gasteiger partial charge is 0.0594 e. The van der Waals surface area contributed by atoms with Crippen molar-refractivity contribution in [2.75, 3.05) is 0 Å². The van der Waals surface area contributed by atoms with Crippen LogP contribution in [0.2, 0.25) is 0 Å². The predicted molar refractivity (Wildman–Crippen MR) is 85.6 cm³/mol. The first kappa shape index (κ1) is 13.6. The van der Waals surface area contributed by atoms with E-state index in [1.54, 1.807) is 51.4 Å². The summed E-state index contributed by atoms with van der Waals surface area (Å²) >= 11 is 0. The second kappa shape index (κ2) is 4.75. The molecular weight excluding hydrogens is 240 g/mol. The third-order valence-corrected chi connectivity index (χ3v) is 8.61. The molecule has 0 heteroatoms. The minimum Gasteiger partial charge on any atom is -0.0594 e. The zero-order chi connectivity index (χ0) is 13.8. The smallest absolute Gasteiger partial charge is 0.0266 e. The van der Waals surface area contributed by atoms with Crippen LogP contribution < -0.4 is 0 Å². The van der Waals surface area contributed by atoms with Gasteiger partial charge in [0.25, 0.3) is 0 Å². The van der Waals surface area contributed by atoms with Crippen LogP contribution in [0, 0.1) is 34.5 Å². The third-order valence-electron chi connectivity index (χ3n) is 8.61. The van der Waals surface area contributed by atoms with Crippen LogP contribution in [0.4, 0.5) is 0 Å². The summed E-state index contributed by atoms with van der Waals surface area (Å²) < 4.78 is 0. The quantitative estimate of drug-likeness (QED) is 0.493. The summed E-state index contributed by atoms with van der Waals surface area (Å²) in [6, 6.07) is 0. The fourth-order valence-corrected chi connectivity index (χ4v) is 7.46. The third kappa shape index (κ3) is 1.85. The van der Waals surface area contributed by atoms with E-state index in [0.717, 1.165) is 34.5 Å². The van der Waals surface area contributed by atoms with Crippen molar-refractivity contribution in [2.45, 2.75) is 90.9 Å². The fraction of sp³-hybridized carbons (Fsp3) is 1.00. The van der Waals surface area contributed by atoms with Gasteiger partial charge >= 0.3 is 0 Å². The molecule has 0 radical (unpaired) electrons. The molecule has 4 saturated carbocycles. The summed E-state index contributed by atoms with van der Waals surface area (Å²) in [4.78, 5) is 0. The topological polar surface area (TPSA) is 0 Å². The van der Waals surface area contributed by atoms with Gasteiger partial charge in [-0.25, -0.2) is 0 Å². The van der Waals surface area contributed by atoms with Gasteiger partial charge in [-0.15, -0.1) is 0 Å². The first-order valence-corrected chi connectivity index (χ1v) is 9.63. The lowest BCUT2D eigenvalue weighted by molar-refractivity contribution is -0.123. The average Bonchev–Trinajstić information content (AvgIpc) is 2.45. The lowest BCUT2D eigenvalue weighted by atomic mass is 9.43. The number of hydrogen-bond acceptors (Lipinski definition) is 0. The molecule has 0 unspecified atom stereocenters.